The minimum atomic E-state index is 0.322. The molecule has 1 unspecified atom stereocenters. The van der Waals surface area contributed by atoms with Crippen molar-refractivity contribution >= 4 is 0 Å². The Hall–Kier alpha value is -0.340. The first-order valence-corrected chi connectivity index (χ1v) is 4.97. The molecule has 3 N–H and O–H groups in total. The Morgan fingerprint density at radius 1 is 1.25 bits per heavy atom. The van der Waals surface area contributed by atoms with Gasteiger partial charge in [0, 0.05) is 6.04 Å². The lowest BCUT2D eigenvalue weighted by atomic mass is 9.92. The van der Waals surface area contributed by atoms with Gasteiger partial charge in [-0.2, -0.15) is 0 Å². The van der Waals surface area contributed by atoms with E-state index in [0.717, 1.165) is 5.92 Å². The topological polar surface area (TPSA) is 38.0 Å². The standard InChI is InChI=1S/C10H20N2/c1-2-10(12-11)9-7-5-3-4-6-8-9/h2,9-10,12H,1,3-8,11H2. The van der Waals surface area contributed by atoms with Crippen molar-refractivity contribution < 1.29 is 0 Å². The molecule has 12 heavy (non-hydrogen) atoms. The highest BCUT2D eigenvalue weighted by Gasteiger charge is 2.18. The summed E-state index contributed by atoms with van der Waals surface area (Å²) in [7, 11) is 0. The third-order valence-electron chi connectivity index (χ3n) is 2.85. The molecule has 0 aliphatic heterocycles. The predicted molar refractivity (Wildman–Crippen MR) is 52.5 cm³/mol. The summed E-state index contributed by atoms with van der Waals surface area (Å²) in [6.45, 7) is 3.80. The van der Waals surface area contributed by atoms with Crippen LogP contribution in [0.5, 0.6) is 0 Å². The molecule has 0 saturated heterocycles. The molecular weight excluding hydrogens is 148 g/mol. The number of nitrogens with one attached hydrogen (secondary N) is 1. The van der Waals surface area contributed by atoms with E-state index in [2.05, 4.69) is 12.0 Å². The molecule has 1 aliphatic carbocycles. The summed E-state index contributed by atoms with van der Waals surface area (Å²) in [4.78, 5) is 0. The monoisotopic (exact) mass is 168 g/mol. The Kier molecular flexibility index (Phi) is 4.33. The van der Waals surface area contributed by atoms with Crippen molar-refractivity contribution in [3.05, 3.63) is 12.7 Å². The van der Waals surface area contributed by atoms with Gasteiger partial charge >= 0.3 is 0 Å². The summed E-state index contributed by atoms with van der Waals surface area (Å²) in [6, 6.07) is 0.322. The molecule has 0 amide bonds. The summed E-state index contributed by atoms with van der Waals surface area (Å²) in [5.41, 5.74) is 2.83. The van der Waals surface area contributed by atoms with E-state index in [9.17, 15) is 0 Å². The van der Waals surface area contributed by atoms with Gasteiger partial charge in [-0.3, -0.25) is 11.3 Å². The number of hydrazine groups is 1. The second-order valence-corrected chi connectivity index (χ2v) is 3.68. The summed E-state index contributed by atoms with van der Waals surface area (Å²) in [5, 5.41) is 0. The first kappa shape index (κ1) is 9.75. The smallest absolute Gasteiger partial charge is 0.0416 e. The molecule has 1 rings (SSSR count). The van der Waals surface area contributed by atoms with Gasteiger partial charge < -0.3 is 0 Å². The first-order valence-electron chi connectivity index (χ1n) is 4.97. The van der Waals surface area contributed by atoms with E-state index in [1.807, 2.05) is 6.08 Å². The summed E-state index contributed by atoms with van der Waals surface area (Å²) < 4.78 is 0. The lowest BCUT2D eigenvalue weighted by Crippen LogP contribution is -2.39. The van der Waals surface area contributed by atoms with E-state index in [1.54, 1.807) is 0 Å². The van der Waals surface area contributed by atoms with Crippen molar-refractivity contribution in [1.29, 1.82) is 0 Å². The van der Waals surface area contributed by atoms with Crippen molar-refractivity contribution in [3.8, 4) is 0 Å². The normalized spacial score (nSPS) is 23.1. The van der Waals surface area contributed by atoms with Crippen molar-refractivity contribution in [2.45, 2.75) is 44.6 Å². The highest BCUT2D eigenvalue weighted by Crippen LogP contribution is 2.25. The second-order valence-electron chi connectivity index (χ2n) is 3.68. The summed E-state index contributed by atoms with van der Waals surface area (Å²) in [6.07, 6.45) is 10.1. The van der Waals surface area contributed by atoms with Crippen LogP contribution in [0.25, 0.3) is 0 Å². The average Bonchev–Trinajstić information content (AvgIpc) is 2.35. The minimum absolute atomic E-state index is 0.322. The lowest BCUT2D eigenvalue weighted by molar-refractivity contribution is 0.369. The highest BCUT2D eigenvalue weighted by atomic mass is 15.2. The van der Waals surface area contributed by atoms with Gasteiger partial charge in [0.05, 0.1) is 0 Å². The van der Waals surface area contributed by atoms with Gasteiger partial charge in [0.25, 0.3) is 0 Å². The van der Waals surface area contributed by atoms with E-state index in [-0.39, 0.29) is 0 Å². The van der Waals surface area contributed by atoms with Gasteiger partial charge in [0.2, 0.25) is 0 Å². The van der Waals surface area contributed by atoms with Crippen LogP contribution in [0, 0.1) is 5.92 Å². The number of hydrogen-bond donors (Lipinski definition) is 2. The quantitative estimate of drug-likeness (QED) is 0.293. The molecule has 2 heteroatoms. The zero-order valence-corrected chi connectivity index (χ0v) is 7.76. The van der Waals surface area contributed by atoms with Gasteiger partial charge in [0.1, 0.15) is 0 Å². The fraction of sp³-hybridized carbons (Fsp3) is 0.800. The third-order valence-corrected chi connectivity index (χ3v) is 2.85. The zero-order valence-electron chi connectivity index (χ0n) is 7.76. The van der Waals surface area contributed by atoms with Crippen LogP contribution >= 0.6 is 0 Å². The molecule has 2 nitrogen and oxygen atoms in total. The van der Waals surface area contributed by atoms with Crippen molar-refractivity contribution in [3.63, 3.8) is 0 Å². The maximum absolute atomic E-state index is 5.44. The van der Waals surface area contributed by atoms with Crippen LogP contribution in [0.1, 0.15) is 38.5 Å². The van der Waals surface area contributed by atoms with Crippen molar-refractivity contribution in [2.24, 2.45) is 11.8 Å². The fourth-order valence-corrected chi connectivity index (χ4v) is 2.07. The van der Waals surface area contributed by atoms with Gasteiger partial charge in [-0.05, 0) is 18.8 Å². The summed E-state index contributed by atoms with van der Waals surface area (Å²) in [5.74, 6) is 6.16. The lowest BCUT2D eigenvalue weighted by Gasteiger charge is -2.21. The van der Waals surface area contributed by atoms with E-state index >= 15 is 0 Å². The van der Waals surface area contributed by atoms with Crippen molar-refractivity contribution in [1.82, 2.24) is 5.43 Å². The Labute approximate surface area is 75.2 Å². The van der Waals surface area contributed by atoms with Crippen LogP contribution in [-0.2, 0) is 0 Å². The Balaban J connectivity index is 2.40. The Morgan fingerprint density at radius 2 is 1.83 bits per heavy atom. The number of hydrogen-bond acceptors (Lipinski definition) is 2. The molecule has 0 aromatic carbocycles. The van der Waals surface area contributed by atoms with E-state index in [0.29, 0.717) is 6.04 Å². The largest absolute Gasteiger partial charge is 0.271 e. The third kappa shape index (κ3) is 2.61. The molecule has 0 heterocycles. The van der Waals surface area contributed by atoms with Crippen LogP contribution < -0.4 is 11.3 Å². The van der Waals surface area contributed by atoms with Crippen molar-refractivity contribution in [2.75, 3.05) is 0 Å². The fourth-order valence-electron chi connectivity index (χ4n) is 2.07. The van der Waals surface area contributed by atoms with Gasteiger partial charge in [0.15, 0.2) is 0 Å². The molecule has 1 saturated carbocycles. The van der Waals surface area contributed by atoms with Crippen LogP contribution in [0.4, 0.5) is 0 Å². The van der Waals surface area contributed by atoms with E-state index in [4.69, 9.17) is 5.84 Å². The molecule has 0 bridgehead atoms. The molecular formula is C10H20N2. The maximum Gasteiger partial charge on any atom is 0.0416 e. The molecule has 1 atom stereocenters. The SMILES string of the molecule is C=CC(NN)C1CCCCCC1. The van der Waals surface area contributed by atoms with Gasteiger partial charge in [-0.1, -0.05) is 31.8 Å². The van der Waals surface area contributed by atoms with Crippen LogP contribution in [0.3, 0.4) is 0 Å². The molecule has 1 aliphatic rings. The molecule has 0 aromatic rings. The number of rotatable bonds is 3. The minimum Gasteiger partial charge on any atom is -0.271 e. The zero-order chi connectivity index (χ0) is 8.81. The molecule has 0 spiro atoms. The van der Waals surface area contributed by atoms with Gasteiger partial charge in [-0.15, -0.1) is 6.58 Å². The molecule has 1 fully saturated rings. The number of nitrogens with two attached hydrogens (primary N) is 1. The first-order chi connectivity index (χ1) is 5.88. The molecule has 0 radical (unpaired) electrons. The Bertz CT molecular complexity index is 126. The average molecular weight is 168 g/mol. The van der Waals surface area contributed by atoms with Gasteiger partial charge in [-0.25, -0.2) is 0 Å². The Morgan fingerprint density at radius 3 is 2.25 bits per heavy atom. The highest BCUT2D eigenvalue weighted by molar-refractivity contribution is 4.90. The van der Waals surface area contributed by atoms with Crippen LogP contribution in [0.15, 0.2) is 12.7 Å². The van der Waals surface area contributed by atoms with E-state index in [1.165, 1.54) is 38.5 Å². The maximum atomic E-state index is 5.44. The summed E-state index contributed by atoms with van der Waals surface area (Å²) >= 11 is 0. The predicted octanol–water partition coefficient (Wildman–Crippen LogP) is 1.97. The van der Waals surface area contributed by atoms with Crippen LogP contribution in [0.2, 0.25) is 0 Å². The molecule has 70 valence electrons. The molecule has 0 aromatic heterocycles. The second kappa shape index (κ2) is 5.33. The van der Waals surface area contributed by atoms with E-state index < -0.39 is 0 Å². The van der Waals surface area contributed by atoms with Crippen LogP contribution in [-0.4, -0.2) is 6.04 Å².